The summed E-state index contributed by atoms with van der Waals surface area (Å²) < 4.78 is 0. The smallest absolute Gasteiger partial charge is 0.339 e. The largest absolute Gasteiger partial charge is 0.478 e. The van der Waals surface area contributed by atoms with Crippen LogP contribution in [0.3, 0.4) is 0 Å². The number of rotatable bonds is 2. The van der Waals surface area contributed by atoms with Gasteiger partial charge in [0.1, 0.15) is 17.2 Å². The third kappa shape index (κ3) is 3.17. The minimum Gasteiger partial charge on any atom is -0.478 e. The second-order valence-corrected chi connectivity index (χ2v) is 4.64. The van der Waals surface area contributed by atoms with E-state index in [9.17, 15) is 9.59 Å². The van der Waals surface area contributed by atoms with Crippen LogP contribution in [-0.4, -0.2) is 22.0 Å². The number of aromatic nitrogens is 1. The van der Waals surface area contributed by atoms with Gasteiger partial charge in [0.2, 0.25) is 5.91 Å². The van der Waals surface area contributed by atoms with Crippen molar-refractivity contribution >= 4 is 23.5 Å². The van der Waals surface area contributed by atoms with Gasteiger partial charge in [0.25, 0.3) is 0 Å². The van der Waals surface area contributed by atoms with Crippen LogP contribution < -0.4 is 11.1 Å². The van der Waals surface area contributed by atoms with Crippen molar-refractivity contribution in [2.45, 2.75) is 20.8 Å². The lowest BCUT2D eigenvalue weighted by Gasteiger charge is -2.18. The highest BCUT2D eigenvalue weighted by molar-refractivity contribution is 6.01. The Morgan fingerprint density at radius 3 is 2.41 bits per heavy atom. The van der Waals surface area contributed by atoms with Gasteiger partial charge in [0.05, 0.1) is 0 Å². The molecule has 0 bridgehead atoms. The molecular formula is C11H15N3O3. The van der Waals surface area contributed by atoms with Gasteiger partial charge in [0.15, 0.2) is 0 Å². The maximum absolute atomic E-state index is 11.7. The van der Waals surface area contributed by atoms with E-state index >= 15 is 0 Å². The quantitative estimate of drug-likeness (QED) is 0.719. The molecule has 0 saturated carbocycles. The highest BCUT2D eigenvalue weighted by atomic mass is 16.4. The minimum absolute atomic E-state index is 0.0302. The van der Waals surface area contributed by atoms with Crippen LogP contribution in [0.15, 0.2) is 12.1 Å². The molecule has 17 heavy (non-hydrogen) atoms. The maximum atomic E-state index is 11.7. The van der Waals surface area contributed by atoms with Gasteiger partial charge in [-0.2, -0.15) is 0 Å². The number of pyridine rings is 1. The summed E-state index contributed by atoms with van der Waals surface area (Å²) in [7, 11) is 0. The molecule has 6 nitrogen and oxygen atoms in total. The maximum Gasteiger partial charge on any atom is 0.339 e. The molecule has 6 heteroatoms. The number of amides is 1. The zero-order valence-electron chi connectivity index (χ0n) is 9.94. The average molecular weight is 237 g/mol. The number of anilines is 2. The molecule has 0 radical (unpaired) electrons. The fourth-order valence-corrected chi connectivity index (χ4v) is 1.04. The Hall–Kier alpha value is -2.11. The lowest BCUT2D eigenvalue weighted by atomic mass is 9.95. The van der Waals surface area contributed by atoms with Crippen molar-refractivity contribution in [2.24, 2.45) is 5.41 Å². The Bertz CT molecular complexity index is 464. The number of carbonyl (C=O) groups excluding carboxylic acids is 1. The molecule has 92 valence electrons. The molecule has 0 spiro atoms. The fraction of sp³-hybridized carbons (Fsp3) is 0.364. The van der Waals surface area contributed by atoms with Crippen LogP contribution in [0.4, 0.5) is 11.6 Å². The predicted octanol–water partition coefficient (Wildman–Crippen LogP) is 1.35. The van der Waals surface area contributed by atoms with Crippen molar-refractivity contribution in [3.05, 3.63) is 17.7 Å². The van der Waals surface area contributed by atoms with E-state index in [0.717, 1.165) is 0 Å². The summed E-state index contributed by atoms with van der Waals surface area (Å²) in [5.74, 6) is -1.36. The highest BCUT2D eigenvalue weighted by Gasteiger charge is 2.23. The summed E-state index contributed by atoms with van der Waals surface area (Å²) in [6, 6.07) is 2.68. The average Bonchev–Trinajstić information content (AvgIpc) is 2.15. The Kier molecular flexibility index (Phi) is 3.36. The number of hydrogen-bond donors (Lipinski definition) is 3. The van der Waals surface area contributed by atoms with Crippen LogP contribution in [0.5, 0.6) is 0 Å². The molecule has 1 aromatic heterocycles. The Morgan fingerprint density at radius 1 is 1.35 bits per heavy atom. The second-order valence-electron chi connectivity index (χ2n) is 4.64. The molecule has 1 aromatic rings. The molecule has 0 aliphatic heterocycles. The minimum atomic E-state index is -1.17. The third-order valence-electron chi connectivity index (χ3n) is 2.06. The molecule has 0 aliphatic rings. The van der Waals surface area contributed by atoms with E-state index in [0.29, 0.717) is 0 Å². The van der Waals surface area contributed by atoms with Gasteiger partial charge in [0, 0.05) is 5.41 Å². The molecule has 1 amide bonds. The summed E-state index contributed by atoms with van der Waals surface area (Å²) in [6.45, 7) is 5.15. The van der Waals surface area contributed by atoms with E-state index in [1.807, 2.05) is 0 Å². The van der Waals surface area contributed by atoms with E-state index in [4.69, 9.17) is 10.8 Å². The molecule has 0 fully saturated rings. The van der Waals surface area contributed by atoms with Crippen LogP contribution in [0.25, 0.3) is 0 Å². The zero-order chi connectivity index (χ0) is 13.2. The first kappa shape index (κ1) is 13.0. The fourth-order valence-electron chi connectivity index (χ4n) is 1.04. The number of carboxylic acids is 1. The summed E-state index contributed by atoms with van der Waals surface area (Å²) in [5.41, 5.74) is 4.73. The van der Waals surface area contributed by atoms with E-state index in [1.165, 1.54) is 12.1 Å². The van der Waals surface area contributed by atoms with E-state index in [1.54, 1.807) is 20.8 Å². The number of nitrogen functional groups attached to an aromatic ring is 1. The van der Waals surface area contributed by atoms with Gasteiger partial charge in [-0.25, -0.2) is 9.78 Å². The second kappa shape index (κ2) is 4.40. The van der Waals surface area contributed by atoms with Crippen LogP contribution in [0.2, 0.25) is 0 Å². The van der Waals surface area contributed by atoms with Crippen LogP contribution in [0, 0.1) is 5.41 Å². The SMILES string of the molecule is CC(C)(C)C(=O)Nc1nc(N)ccc1C(=O)O. The monoisotopic (exact) mass is 237 g/mol. The zero-order valence-corrected chi connectivity index (χ0v) is 9.94. The van der Waals surface area contributed by atoms with Crippen LogP contribution in [0.1, 0.15) is 31.1 Å². The predicted molar refractivity (Wildman–Crippen MR) is 63.7 cm³/mol. The van der Waals surface area contributed by atoms with Gasteiger partial charge in [-0.05, 0) is 12.1 Å². The van der Waals surface area contributed by atoms with Crippen molar-refractivity contribution in [1.29, 1.82) is 0 Å². The molecule has 0 aromatic carbocycles. The van der Waals surface area contributed by atoms with Crippen molar-refractivity contribution in [1.82, 2.24) is 4.98 Å². The number of carboxylic acid groups (broad SMARTS) is 1. The summed E-state index contributed by atoms with van der Waals surface area (Å²) in [6.07, 6.45) is 0. The van der Waals surface area contributed by atoms with Crippen molar-refractivity contribution < 1.29 is 14.7 Å². The molecule has 0 unspecified atom stereocenters. The summed E-state index contributed by atoms with van der Waals surface area (Å²) in [5, 5.41) is 11.4. The van der Waals surface area contributed by atoms with Gasteiger partial charge in [-0.1, -0.05) is 20.8 Å². The standard InChI is InChI=1S/C11H15N3O3/c1-11(2,3)10(17)14-8-6(9(15)16)4-5-7(12)13-8/h4-5H,1-3H3,(H,15,16)(H3,12,13,14,17). The van der Waals surface area contributed by atoms with Gasteiger partial charge < -0.3 is 16.2 Å². The number of carbonyl (C=O) groups is 2. The third-order valence-corrected chi connectivity index (χ3v) is 2.06. The first-order valence-corrected chi connectivity index (χ1v) is 5.03. The summed E-state index contributed by atoms with van der Waals surface area (Å²) in [4.78, 5) is 26.5. The van der Waals surface area contributed by atoms with Crippen molar-refractivity contribution in [3.8, 4) is 0 Å². The number of hydrogen-bond acceptors (Lipinski definition) is 4. The first-order chi connectivity index (χ1) is 7.71. The normalized spacial score (nSPS) is 11.0. The lowest BCUT2D eigenvalue weighted by Crippen LogP contribution is -2.29. The van der Waals surface area contributed by atoms with E-state index < -0.39 is 11.4 Å². The number of nitrogens with one attached hydrogen (secondary N) is 1. The molecule has 1 rings (SSSR count). The Balaban J connectivity index is 3.09. The first-order valence-electron chi connectivity index (χ1n) is 5.03. The number of aromatic carboxylic acids is 1. The molecule has 0 saturated heterocycles. The van der Waals surface area contributed by atoms with Gasteiger partial charge in [-0.15, -0.1) is 0 Å². The van der Waals surface area contributed by atoms with E-state index in [-0.39, 0.29) is 23.1 Å². The van der Waals surface area contributed by atoms with Gasteiger partial charge in [-0.3, -0.25) is 4.79 Å². The van der Waals surface area contributed by atoms with Crippen LogP contribution >= 0.6 is 0 Å². The molecule has 0 atom stereocenters. The number of nitrogens with two attached hydrogens (primary N) is 1. The number of nitrogens with zero attached hydrogens (tertiary/aromatic N) is 1. The van der Waals surface area contributed by atoms with Gasteiger partial charge >= 0.3 is 5.97 Å². The van der Waals surface area contributed by atoms with E-state index in [2.05, 4.69) is 10.3 Å². The Labute approximate surface area is 98.8 Å². The molecular weight excluding hydrogens is 222 g/mol. The van der Waals surface area contributed by atoms with Crippen molar-refractivity contribution in [3.63, 3.8) is 0 Å². The highest BCUT2D eigenvalue weighted by Crippen LogP contribution is 2.20. The topological polar surface area (TPSA) is 105 Å². The molecule has 0 aliphatic carbocycles. The van der Waals surface area contributed by atoms with Crippen LogP contribution in [-0.2, 0) is 4.79 Å². The lowest BCUT2D eigenvalue weighted by molar-refractivity contribution is -0.123. The van der Waals surface area contributed by atoms with Crippen molar-refractivity contribution in [2.75, 3.05) is 11.1 Å². The molecule has 4 N–H and O–H groups in total. The molecule has 1 heterocycles. The Morgan fingerprint density at radius 2 is 1.94 bits per heavy atom. The summed E-state index contributed by atoms with van der Waals surface area (Å²) >= 11 is 0.